The van der Waals surface area contributed by atoms with Gasteiger partial charge in [0, 0.05) is 5.39 Å². The molecule has 0 bridgehead atoms. The van der Waals surface area contributed by atoms with Crippen LogP contribution in [0.1, 0.15) is 10.4 Å². The number of phenolic OH excluding ortho intramolecular Hbond substituents is 1. The van der Waals surface area contributed by atoms with Crippen molar-refractivity contribution in [3.8, 4) is 5.75 Å². The fourth-order valence-corrected chi connectivity index (χ4v) is 1.28. The number of hydrogen-bond acceptors (Lipinski definition) is 4. The van der Waals surface area contributed by atoms with Crippen LogP contribution in [0.5, 0.6) is 5.75 Å². The number of aromatic carboxylic acids is 1. The molecule has 1 heterocycles. The van der Waals surface area contributed by atoms with Crippen LogP contribution in [0.4, 0.5) is 0 Å². The Balaban J connectivity index is 0.00000128. The molecule has 0 aliphatic rings. The van der Waals surface area contributed by atoms with Gasteiger partial charge in [-0.2, -0.15) is 0 Å². The summed E-state index contributed by atoms with van der Waals surface area (Å²) in [5.41, 5.74) is -1.43. The first-order chi connectivity index (χ1) is 7.09. The van der Waals surface area contributed by atoms with Crippen molar-refractivity contribution in [2.24, 2.45) is 0 Å². The van der Waals surface area contributed by atoms with E-state index in [9.17, 15) is 14.7 Å². The summed E-state index contributed by atoms with van der Waals surface area (Å²) in [6.45, 7) is 0. The summed E-state index contributed by atoms with van der Waals surface area (Å²) in [6, 6.07) is 5.60. The highest BCUT2D eigenvalue weighted by molar-refractivity contribution is 5.92. The van der Waals surface area contributed by atoms with Crippen LogP contribution < -0.4 is 5.63 Å². The van der Waals surface area contributed by atoms with Crippen LogP contribution in [-0.2, 0) is 0 Å². The van der Waals surface area contributed by atoms with Crippen LogP contribution in [0.25, 0.3) is 11.0 Å². The van der Waals surface area contributed by atoms with E-state index in [0.29, 0.717) is 5.39 Å². The van der Waals surface area contributed by atoms with E-state index in [0.717, 1.165) is 0 Å². The Morgan fingerprint density at radius 1 is 1.31 bits per heavy atom. The lowest BCUT2D eigenvalue weighted by Crippen LogP contribution is -2.12. The van der Waals surface area contributed by atoms with Gasteiger partial charge < -0.3 is 14.6 Å². The fraction of sp³-hybridized carbons (Fsp3) is 0. The van der Waals surface area contributed by atoms with E-state index < -0.39 is 17.2 Å². The number of hydrogen-bond donors (Lipinski definition) is 2. The molecule has 2 rings (SSSR count). The molecule has 0 saturated carbocycles. The topological polar surface area (TPSA) is 87.7 Å². The minimum absolute atomic E-state index is 0. The molecule has 0 amide bonds. The van der Waals surface area contributed by atoms with Gasteiger partial charge in [-0.15, -0.1) is 12.4 Å². The molecule has 0 unspecified atom stereocenters. The maximum atomic E-state index is 11.2. The molecule has 0 saturated heterocycles. The molecule has 16 heavy (non-hydrogen) atoms. The number of carbonyl (C=O) groups is 1. The minimum atomic E-state index is -1.35. The monoisotopic (exact) mass is 242 g/mol. The quantitative estimate of drug-likeness (QED) is 0.742. The van der Waals surface area contributed by atoms with E-state index in [1.165, 1.54) is 18.2 Å². The molecule has 0 aliphatic carbocycles. The largest absolute Gasteiger partial charge is 0.504 e. The molecule has 0 radical (unpaired) electrons. The van der Waals surface area contributed by atoms with Crippen LogP contribution in [0, 0.1) is 0 Å². The van der Waals surface area contributed by atoms with E-state index in [1.807, 2.05) is 0 Å². The Kier molecular flexibility index (Phi) is 3.20. The Hall–Kier alpha value is -2.01. The molecule has 2 aromatic rings. The van der Waals surface area contributed by atoms with Gasteiger partial charge in [-0.25, -0.2) is 9.59 Å². The van der Waals surface area contributed by atoms with Crippen molar-refractivity contribution >= 4 is 29.3 Å². The Morgan fingerprint density at radius 3 is 2.62 bits per heavy atom. The Morgan fingerprint density at radius 2 is 2.00 bits per heavy atom. The summed E-state index contributed by atoms with van der Waals surface area (Å²) >= 11 is 0. The van der Waals surface area contributed by atoms with Crippen LogP contribution in [-0.4, -0.2) is 16.2 Å². The van der Waals surface area contributed by atoms with Gasteiger partial charge in [-0.3, -0.25) is 0 Å². The summed E-state index contributed by atoms with van der Waals surface area (Å²) in [7, 11) is 0. The van der Waals surface area contributed by atoms with Gasteiger partial charge in [0.1, 0.15) is 5.56 Å². The van der Waals surface area contributed by atoms with Crippen molar-refractivity contribution in [2.45, 2.75) is 0 Å². The Labute approximate surface area is 95.3 Å². The average Bonchev–Trinajstić information content (AvgIpc) is 2.18. The smallest absolute Gasteiger partial charge is 0.351 e. The van der Waals surface area contributed by atoms with Gasteiger partial charge in [0.05, 0.1) is 0 Å². The number of para-hydroxylation sites is 1. The lowest BCUT2D eigenvalue weighted by atomic mass is 10.2. The van der Waals surface area contributed by atoms with Gasteiger partial charge in [0.2, 0.25) is 0 Å². The SMILES string of the molecule is Cl.O=C(O)c1cc2cccc(O)c2oc1=O. The van der Waals surface area contributed by atoms with E-state index >= 15 is 0 Å². The van der Waals surface area contributed by atoms with Crippen LogP contribution >= 0.6 is 12.4 Å². The third-order valence-electron chi connectivity index (χ3n) is 1.97. The third-order valence-corrected chi connectivity index (χ3v) is 1.97. The standard InChI is InChI=1S/C10H6O5.ClH/c11-7-3-1-2-5-4-6(9(12)13)10(14)15-8(5)7;/h1-4,11H,(H,12,13);1H. The normalized spacial score (nSPS) is 9.75. The predicted octanol–water partition coefficient (Wildman–Crippen LogP) is 1.62. The predicted molar refractivity (Wildman–Crippen MR) is 58.4 cm³/mol. The second-order valence-electron chi connectivity index (χ2n) is 2.95. The maximum Gasteiger partial charge on any atom is 0.351 e. The number of fused-ring (bicyclic) bond motifs is 1. The molecule has 1 aromatic heterocycles. The van der Waals surface area contributed by atoms with Gasteiger partial charge >= 0.3 is 11.6 Å². The average molecular weight is 243 g/mol. The molecule has 84 valence electrons. The van der Waals surface area contributed by atoms with E-state index in [1.54, 1.807) is 6.07 Å². The van der Waals surface area contributed by atoms with Crippen molar-refractivity contribution in [2.75, 3.05) is 0 Å². The van der Waals surface area contributed by atoms with Crippen LogP contribution in [0.3, 0.4) is 0 Å². The first-order valence-corrected chi connectivity index (χ1v) is 4.09. The highest BCUT2D eigenvalue weighted by Gasteiger charge is 2.13. The van der Waals surface area contributed by atoms with Gasteiger partial charge in [-0.1, -0.05) is 12.1 Å². The summed E-state index contributed by atoms with van der Waals surface area (Å²) in [4.78, 5) is 21.8. The lowest BCUT2D eigenvalue weighted by Gasteiger charge is -1.99. The number of benzene rings is 1. The zero-order valence-electron chi connectivity index (χ0n) is 7.84. The zero-order chi connectivity index (χ0) is 11.0. The van der Waals surface area contributed by atoms with Gasteiger partial charge in [0.25, 0.3) is 0 Å². The van der Waals surface area contributed by atoms with Crippen molar-refractivity contribution in [3.05, 3.63) is 40.2 Å². The van der Waals surface area contributed by atoms with Crippen LogP contribution in [0.2, 0.25) is 0 Å². The molecule has 0 aliphatic heterocycles. The minimum Gasteiger partial charge on any atom is -0.504 e. The number of carboxylic acids is 1. The number of halogens is 1. The molecular weight excluding hydrogens is 236 g/mol. The van der Waals surface area contributed by atoms with E-state index in [4.69, 9.17) is 9.52 Å². The van der Waals surface area contributed by atoms with Gasteiger partial charge in [-0.05, 0) is 12.1 Å². The van der Waals surface area contributed by atoms with Crippen molar-refractivity contribution in [1.82, 2.24) is 0 Å². The molecule has 0 fully saturated rings. The van der Waals surface area contributed by atoms with Crippen molar-refractivity contribution in [1.29, 1.82) is 0 Å². The van der Waals surface area contributed by atoms with Crippen molar-refractivity contribution < 1.29 is 19.4 Å². The molecule has 0 atom stereocenters. The third kappa shape index (κ3) is 1.85. The van der Waals surface area contributed by atoms with Crippen LogP contribution in [0.15, 0.2) is 33.5 Å². The summed E-state index contributed by atoms with van der Waals surface area (Å²) in [6.07, 6.45) is 0. The molecule has 5 nitrogen and oxygen atoms in total. The molecule has 6 heteroatoms. The highest BCUT2D eigenvalue weighted by Crippen LogP contribution is 2.22. The molecular formula is C10H7ClO5. The summed E-state index contributed by atoms with van der Waals surface area (Å²) < 4.78 is 4.70. The van der Waals surface area contributed by atoms with Crippen molar-refractivity contribution in [3.63, 3.8) is 0 Å². The second-order valence-corrected chi connectivity index (χ2v) is 2.95. The van der Waals surface area contributed by atoms with Gasteiger partial charge in [0.15, 0.2) is 11.3 Å². The summed E-state index contributed by atoms with van der Waals surface area (Å²) in [5, 5.41) is 18.4. The number of rotatable bonds is 1. The number of phenols is 1. The molecule has 1 aromatic carbocycles. The maximum absolute atomic E-state index is 11.2. The highest BCUT2D eigenvalue weighted by atomic mass is 35.5. The summed E-state index contributed by atoms with van der Waals surface area (Å²) in [5.74, 6) is -1.55. The fourth-order valence-electron chi connectivity index (χ4n) is 1.28. The first kappa shape index (κ1) is 12.1. The zero-order valence-corrected chi connectivity index (χ0v) is 8.65. The molecule has 0 spiro atoms. The lowest BCUT2D eigenvalue weighted by molar-refractivity contribution is 0.0692. The first-order valence-electron chi connectivity index (χ1n) is 4.09. The van der Waals surface area contributed by atoms with E-state index in [-0.39, 0.29) is 23.7 Å². The van der Waals surface area contributed by atoms with E-state index in [2.05, 4.69) is 0 Å². The number of aromatic hydroxyl groups is 1. The molecule has 2 N–H and O–H groups in total. The Bertz CT molecular complexity index is 602. The number of carboxylic acid groups (broad SMARTS) is 1. The second kappa shape index (κ2) is 4.24.